The molecule has 9 heavy (non-hydrogen) atoms. The molecule has 0 aliphatic rings. The molecule has 0 aromatic heterocycles. The lowest BCUT2D eigenvalue weighted by molar-refractivity contribution is 0.263. The van der Waals surface area contributed by atoms with Crippen molar-refractivity contribution in [2.45, 2.75) is 13.3 Å². The quantitative estimate of drug-likeness (QED) is 0.409. The van der Waals surface area contributed by atoms with E-state index in [9.17, 15) is 4.79 Å². The zero-order valence-corrected chi connectivity index (χ0v) is 5.39. The Balaban J connectivity index is 3.08. The summed E-state index contributed by atoms with van der Waals surface area (Å²) in [7, 11) is 0. The Morgan fingerprint density at radius 3 is 2.89 bits per heavy atom. The lowest BCUT2D eigenvalue weighted by Crippen LogP contribution is -1.97. The van der Waals surface area contributed by atoms with Crippen molar-refractivity contribution in [3.8, 4) is 12.3 Å². The molecule has 0 fully saturated rings. The third kappa shape index (κ3) is 4.89. The highest BCUT2D eigenvalue weighted by Crippen LogP contribution is 1.97. The second kappa shape index (κ2) is 5.17. The van der Waals surface area contributed by atoms with Crippen LogP contribution in [0.1, 0.15) is 13.3 Å². The second-order valence-corrected chi connectivity index (χ2v) is 1.79. The van der Waals surface area contributed by atoms with Gasteiger partial charge in [-0.25, -0.2) is 4.79 Å². The van der Waals surface area contributed by atoms with E-state index in [4.69, 9.17) is 6.42 Å². The van der Waals surface area contributed by atoms with Crippen molar-refractivity contribution in [1.82, 2.24) is 0 Å². The van der Waals surface area contributed by atoms with Gasteiger partial charge in [-0.05, 0) is 6.42 Å². The van der Waals surface area contributed by atoms with Gasteiger partial charge < -0.3 is 4.74 Å². The maximum Gasteiger partial charge on any atom is 0.417 e. The van der Waals surface area contributed by atoms with Gasteiger partial charge >= 0.3 is 6.47 Å². The van der Waals surface area contributed by atoms with Gasteiger partial charge in [0, 0.05) is 5.92 Å². The molecule has 0 aromatic carbocycles. The molecule has 49 valence electrons. The maximum absolute atomic E-state index is 9.48. The number of carbonyl (C=O) groups excluding carboxylic acids is 1. The van der Waals surface area contributed by atoms with E-state index in [1.807, 2.05) is 6.92 Å². The molecule has 2 heteroatoms. The van der Waals surface area contributed by atoms with Gasteiger partial charge in [-0.2, -0.15) is 0 Å². The number of ether oxygens (including phenoxy) is 1. The van der Waals surface area contributed by atoms with E-state index in [-0.39, 0.29) is 5.92 Å². The van der Waals surface area contributed by atoms with Crippen LogP contribution in [0.5, 0.6) is 0 Å². The van der Waals surface area contributed by atoms with E-state index < -0.39 is 0 Å². The number of hydrogen-bond donors (Lipinski definition) is 0. The summed E-state index contributed by atoms with van der Waals surface area (Å²) in [5.41, 5.74) is 0. The highest BCUT2D eigenvalue weighted by Gasteiger charge is 1.94. The van der Waals surface area contributed by atoms with Crippen LogP contribution in [0.4, 0.5) is 0 Å². The molecule has 0 saturated heterocycles. The lowest BCUT2D eigenvalue weighted by Gasteiger charge is -1.99. The van der Waals surface area contributed by atoms with Crippen molar-refractivity contribution in [1.29, 1.82) is 0 Å². The average molecular weight is 125 g/mol. The Morgan fingerprint density at radius 2 is 2.44 bits per heavy atom. The Kier molecular flexibility index (Phi) is 4.61. The summed E-state index contributed by atoms with van der Waals surface area (Å²) in [5.74, 6) is 2.69. The van der Waals surface area contributed by atoms with Crippen LogP contribution >= 0.6 is 0 Å². The molecule has 0 heterocycles. The van der Waals surface area contributed by atoms with Gasteiger partial charge in [-0.3, -0.25) is 0 Å². The van der Waals surface area contributed by atoms with Crippen LogP contribution in [0.3, 0.4) is 0 Å². The van der Waals surface area contributed by atoms with E-state index in [0.29, 0.717) is 13.0 Å². The largest absolute Gasteiger partial charge is 0.457 e. The zero-order valence-electron chi connectivity index (χ0n) is 5.39. The topological polar surface area (TPSA) is 26.3 Å². The predicted molar refractivity (Wildman–Crippen MR) is 34.3 cm³/mol. The second-order valence-electron chi connectivity index (χ2n) is 1.79. The molecule has 0 bridgehead atoms. The van der Waals surface area contributed by atoms with Gasteiger partial charge in [0.2, 0.25) is 0 Å². The van der Waals surface area contributed by atoms with Gasteiger partial charge in [0.25, 0.3) is 0 Å². The van der Waals surface area contributed by atoms with E-state index in [1.165, 1.54) is 6.47 Å². The first-order chi connectivity index (χ1) is 4.31. The van der Waals surface area contributed by atoms with Gasteiger partial charge in [-0.15, -0.1) is 12.3 Å². The van der Waals surface area contributed by atoms with Gasteiger partial charge in [0.15, 0.2) is 0 Å². The summed E-state index contributed by atoms with van der Waals surface area (Å²) in [6, 6.07) is 0. The van der Waals surface area contributed by atoms with E-state index in [0.717, 1.165) is 0 Å². The highest BCUT2D eigenvalue weighted by atomic mass is 16.5. The Morgan fingerprint density at radius 1 is 1.78 bits per heavy atom. The monoisotopic (exact) mass is 125 g/mol. The number of terminal acetylenes is 1. The number of rotatable bonds is 4. The molecule has 0 saturated carbocycles. The molecular weight excluding hydrogens is 116 g/mol. The van der Waals surface area contributed by atoms with Gasteiger partial charge in [0.05, 0.1) is 6.61 Å². The molecule has 1 atom stereocenters. The summed E-state index contributed by atoms with van der Waals surface area (Å²) in [4.78, 5) is 9.48. The first-order valence-electron chi connectivity index (χ1n) is 2.76. The van der Waals surface area contributed by atoms with Gasteiger partial charge in [0.1, 0.15) is 0 Å². The summed E-state index contributed by atoms with van der Waals surface area (Å²) < 4.78 is 4.30. The van der Waals surface area contributed by atoms with Crippen LogP contribution in [0.15, 0.2) is 0 Å². The van der Waals surface area contributed by atoms with E-state index in [1.54, 1.807) is 0 Å². The minimum atomic E-state index is 0.179. The summed E-state index contributed by atoms with van der Waals surface area (Å²) in [6.07, 6.45) is 5.76. The first-order valence-corrected chi connectivity index (χ1v) is 2.76. The molecule has 0 aliphatic carbocycles. The van der Waals surface area contributed by atoms with Crippen LogP contribution in [0.2, 0.25) is 0 Å². The molecule has 0 spiro atoms. The SMILES string of the molecule is C#CC(C)CCO[C]=O. The van der Waals surface area contributed by atoms with Crippen LogP contribution in [0, 0.1) is 18.3 Å². The van der Waals surface area contributed by atoms with Crippen molar-refractivity contribution in [2.24, 2.45) is 5.92 Å². The van der Waals surface area contributed by atoms with Crippen molar-refractivity contribution in [2.75, 3.05) is 6.61 Å². The Bertz CT molecular complexity index is 113. The smallest absolute Gasteiger partial charge is 0.417 e. The molecule has 0 amide bonds. The fourth-order valence-electron chi connectivity index (χ4n) is 0.361. The average Bonchev–Trinajstić information content (AvgIpc) is 1.89. The Hall–Kier alpha value is -0.970. The Labute approximate surface area is 55.2 Å². The van der Waals surface area contributed by atoms with Crippen molar-refractivity contribution < 1.29 is 9.53 Å². The zero-order chi connectivity index (χ0) is 7.11. The molecule has 0 N–H and O–H groups in total. The van der Waals surface area contributed by atoms with Crippen LogP contribution < -0.4 is 0 Å². The summed E-state index contributed by atoms with van der Waals surface area (Å²) >= 11 is 0. The van der Waals surface area contributed by atoms with Crippen LogP contribution in [-0.2, 0) is 9.53 Å². The standard InChI is InChI=1S/C7H9O2/c1-3-7(2)4-5-9-6-8/h1,7H,4-5H2,2H3. The van der Waals surface area contributed by atoms with Gasteiger partial charge in [-0.1, -0.05) is 6.92 Å². The molecule has 0 rings (SSSR count). The molecule has 0 aliphatic heterocycles. The number of hydrogen-bond acceptors (Lipinski definition) is 2. The maximum atomic E-state index is 9.48. The normalized spacial score (nSPS) is 11.6. The van der Waals surface area contributed by atoms with Crippen molar-refractivity contribution in [3.05, 3.63) is 0 Å². The van der Waals surface area contributed by atoms with Crippen LogP contribution in [0.25, 0.3) is 0 Å². The molecule has 1 unspecified atom stereocenters. The van der Waals surface area contributed by atoms with Crippen LogP contribution in [-0.4, -0.2) is 13.1 Å². The van der Waals surface area contributed by atoms with E-state index >= 15 is 0 Å². The summed E-state index contributed by atoms with van der Waals surface area (Å²) in [6.45, 7) is 3.60. The lowest BCUT2D eigenvalue weighted by atomic mass is 10.1. The third-order valence-corrected chi connectivity index (χ3v) is 0.996. The fourth-order valence-corrected chi connectivity index (χ4v) is 0.361. The molecule has 2 nitrogen and oxygen atoms in total. The third-order valence-electron chi connectivity index (χ3n) is 0.996. The first kappa shape index (κ1) is 8.03. The predicted octanol–water partition coefficient (Wildman–Crippen LogP) is 0.730. The molecule has 1 radical (unpaired) electrons. The van der Waals surface area contributed by atoms with E-state index in [2.05, 4.69) is 10.7 Å². The minimum absolute atomic E-state index is 0.179. The molecule has 0 aromatic rings. The van der Waals surface area contributed by atoms with Crippen molar-refractivity contribution in [3.63, 3.8) is 0 Å². The highest BCUT2D eigenvalue weighted by molar-refractivity contribution is 5.38. The summed E-state index contributed by atoms with van der Waals surface area (Å²) in [5, 5.41) is 0. The fraction of sp³-hybridized carbons (Fsp3) is 0.571. The van der Waals surface area contributed by atoms with Crippen molar-refractivity contribution >= 4 is 6.47 Å². The minimum Gasteiger partial charge on any atom is -0.457 e. The molecular formula is C7H9O2.